The minimum absolute atomic E-state index is 0.0149. The predicted molar refractivity (Wildman–Crippen MR) is 126 cm³/mol. The van der Waals surface area contributed by atoms with E-state index in [0.717, 1.165) is 5.56 Å². The summed E-state index contributed by atoms with van der Waals surface area (Å²) in [4.78, 5) is 17.5. The van der Waals surface area contributed by atoms with Crippen molar-refractivity contribution in [1.82, 2.24) is 24.8 Å². The molecule has 10 nitrogen and oxygen atoms in total. The molecule has 3 aromatic rings. The molecule has 0 bridgehead atoms. The normalized spacial score (nSPS) is 15.9. The van der Waals surface area contributed by atoms with Crippen LogP contribution in [-0.2, 0) is 21.2 Å². The summed E-state index contributed by atoms with van der Waals surface area (Å²) in [5, 5.41) is 22.8. The van der Waals surface area contributed by atoms with Gasteiger partial charge in [-0.25, -0.2) is 18.2 Å². The number of aliphatic hydroxyl groups is 1. The van der Waals surface area contributed by atoms with E-state index >= 15 is 0 Å². The molecule has 0 radical (unpaired) electrons. The molecule has 34 heavy (non-hydrogen) atoms. The van der Waals surface area contributed by atoms with E-state index in [1.807, 2.05) is 35.2 Å². The molecule has 3 N–H and O–H groups in total. The second-order valence-electron chi connectivity index (χ2n) is 8.25. The van der Waals surface area contributed by atoms with E-state index in [9.17, 15) is 13.2 Å². The summed E-state index contributed by atoms with van der Waals surface area (Å²) in [6, 6.07) is 15.2. The molecule has 1 atom stereocenters. The predicted octanol–water partition coefficient (Wildman–Crippen LogP) is 0.513. The number of carbonyl (C=O) groups excluding carboxylic acids is 1. The molecule has 1 fully saturated rings. The third-order valence-electron chi connectivity index (χ3n) is 5.97. The maximum atomic E-state index is 13.6. The third kappa shape index (κ3) is 5.68. The Bertz CT molecular complexity index is 1210. The highest BCUT2D eigenvalue weighted by atomic mass is 32.2. The van der Waals surface area contributed by atoms with Gasteiger partial charge in [0.05, 0.1) is 17.7 Å². The van der Waals surface area contributed by atoms with Gasteiger partial charge >= 0.3 is 0 Å². The van der Waals surface area contributed by atoms with Crippen molar-refractivity contribution in [1.29, 1.82) is 0 Å². The van der Waals surface area contributed by atoms with Crippen molar-refractivity contribution in [3.05, 3.63) is 66.4 Å². The molecule has 1 aromatic heterocycles. The molecule has 1 amide bonds. The molecule has 2 heterocycles. The van der Waals surface area contributed by atoms with Gasteiger partial charge in [-0.3, -0.25) is 9.69 Å². The maximum Gasteiger partial charge on any atom is 0.247 e. The van der Waals surface area contributed by atoms with E-state index in [4.69, 9.17) is 10.2 Å². The lowest BCUT2D eigenvalue weighted by molar-refractivity contribution is -0.137. The first kappa shape index (κ1) is 24.0. The summed E-state index contributed by atoms with van der Waals surface area (Å²) in [7, 11) is -3.78. The van der Waals surface area contributed by atoms with Crippen molar-refractivity contribution in [2.75, 3.05) is 39.3 Å². The number of benzene rings is 2. The van der Waals surface area contributed by atoms with Crippen LogP contribution in [0, 0.1) is 0 Å². The Kier molecular flexibility index (Phi) is 7.37. The average molecular weight is 485 g/mol. The summed E-state index contributed by atoms with van der Waals surface area (Å²) in [6.45, 7) is 3.30. The fourth-order valence-electron chi connectivity index (χ4n) is 4.05. The van der Waals surface area contributed by atoms with Crippen LogP contribution in [0.4, 0.5) is 0 Å². The molecule has 11 heteroatoms. The van der Waals surface area contributed by atoms with E-state index in [2.05, 4.69) is 15.2 Å². The average Bonchev–Trinajstić information content (AvgIpc) is 3.33. The van der Waals surface area contributed by atoms with Crippen LogP contribution in [0.5, 0.6) is 0 Å². The summed E-state index contributed by atoms with van der Waals surface area (Å²) < 4.78 is 24.6. The van der Waals surface area contributed by atoms with Crippen LogP contribution in [0.2, 0.25) is 0 Å². The van der Waals surface area contributed by atoms with E-state index in [0.29, 0.717) is 50.4 Å². The van der Waals surface area contributed by atoms with Crippen molar-refractivity contribution in [3.63, 3.8) is 0 Å². The van der Waals surface area contributed by atoms with E-state index in [-0.39, 0.29) is 17.4 Å². The van der Waals surface area contributed by atoms with Crippen molar-refractivity contribution < 1.29 is 18.3 Å². The zero-order valence-corrected chi connectivity index (χ0v) is 19.5. The highest BCUT2D eigenvalue weighted by Gasteiger charge is 2.30. The molecule has 0 aliphatic carbocycles. The van der Waals surface area contributed by atoms with Crippen molar-refractivity contribution in [2.24, 2.45) is 5.14 Å². The lowest BCUT2D eigenvalue weighted by Crippen LogP contribution is -2.51. The van der Waals surface area contributed by atoms with Crippen LogP contribution in [0.3, 0.4) is 0 Å². The Hall–Kier alpha value is -3.12. The Balaban J connectivity index is 1.57. The highest BCUT2D eigenvalue weighted by Crippen LogP contribution is 2.23. The fourth-order valence-corrected chi connectivity index (χ4v) is 4.57. The van der Waals surface area contributed by atoms with Gasteiger partial charge in [0.1, 0.15) is 11.7 Å². The maximum absolute atomic E-state index is 13.6. The van der Waals surface area contributed by atoms with Crippen LogP contribution in [-0.4, -0.2) is 83.6 Å². The second kappa shape index (κ2) is 10.4. The minimum Gasteiger partial charge on any atom is -0.395 e. The number of sulfonamides is 1. The van der Waals surface area contributed by atoms with Crippen LogP contribution in [0.1, 0.15) is 11.6 Å². The molecule has 2 aromatic carbocycles. The first-order valence-corrected chi connectivity index (χ1v) is 12.6. The molecule has 1 aliphatic rings. The van der Waals surface area contributed by atoms with Gasteiger partial charge in [0.25, 0.3) is 0 Å². The summed E-state index contributed by atoms with van der Waals surface area (Å²) in [5.74, 6) is -0.0338. The number of aromatic nitrogens is 3. The second-order valence-corrected chi connectivity index (χ2v) is 9.81. The van der Waals surface area contributed by atoms with Crippen LogP contribution in [0.15, 0.2) is 65.7 Å². The zero-order valence-electron chi connectivity index (χ0n) is 18.7. The van der Waals surface area contributed by atoms with Crippen molar-refractivity contribution >= 4 is 15.9 Å². The van der Waals surface area contributed by atoms with Gasteiger partial charge in [0, 0.05) is 44.7 Å². The molecule has 0 saturated carbocycles. The van der Waals surface area contributed by atoms with Crippen molar-refractivity contribution in [3.8, 4) is 11.3 Å². The Morgan fingerprint density at radius 1 is 1.03 bits per heavy atom. The van der Waals surface area contributed by atoms with E-state index < -0.39 is 16.1 Å². The fraction of sp³-hybridized carbons (Fsp3) is 0.348. The van der Waals surface area contributed by atoms with Gasteiger partial charge in [-0.1, -0.05) is 47.7 Å². The number of primary sulfonamides is 1. The van der Waals surface area contributed by atoms with Gasteiger partial charge in [0.2, 0.25) is 15.9 Å². The van der Waals surface area contributed by atoms with Gasteiger partial charge in [-0.15, -0.1) is 5.10 Å². The number of nitrogens with zero attached hydrogens (tertiary/aromatic N) is 5. The number of carbonyl (C=O) groups is 1. The third-order valence-corrected chi connectivity index (χ3v) is 6.89. The molecule has 4 rings (SSSR count). The topological polar surface area (TPSA) is 135 Å². The quantitative estimate of drug-likeness (QED) is 0.476. The number of β-amino-alcohol motifs (C(OH)–C–C–N with tert-alkyl or cyclic N) is 1. The number of aliphatic hydroxyl groups excluding tert-OH is 1. The van der Waals surface area contributed by atoms with Gasteiger partial charge < -0.3 is 10.0 Å². The summed E-state index contributed by atoms with van der Waals surface area (Å²) >= 11 is 0. The van der Waals surface area contributed by atoms with Crippen molar-refractivity contribution in [2.45, 2.75) is 17.4 Å². The highest BCUT2D eigenvalue weighted by molar-refractivity contribution is 7.89. The number of amides is 1. The number of hydrogen-bond donors (Lipinski definition) is 2. The molecular formula is C23H28N6O4S. The molecular weight excluding hydrogens is 456 g/mol. The van der Waals surface area contributed by atoms with Gasteiger partial charge in [-0.05, 0) is 17.7 Å². The monoisotopic (exact) mass is 484 g/mol. The lowest BCUT2D eigenvalue weighted by atomic mass is 10.0. The SMILES string of the molecule is NS(=O)(=O)c1ccc(-c2cn([C@@H](Cc3ccccc3)C(=O)N3CCN(CCO)CC3)nn2)cc1. The van der Waals surface area contributed by atoms with E-state index in [1.54, 1.807) is 23.0 Å². The smallest absolute Gasteiger partial charge is 0.247 e. The first-order chi connectivity index (χ1) is 16.3. The first-order valence-electron chi connectivity index (χ1n) is 11.1. The summed E-state index contributed by atoms with van der Waals surface area (Å²) in [5.41, 5.74) is 2.20. The molecule has 1 saturated heterocycles. The Morgan fingerprint density at radius 2 is 1.71 bits per heavy atom. The molecule has 0 unspecified atom stereocenters. The zero-order chi connectivity index (χ0) is 24.1. The Morgan fingerprint density at radius 3 is 2.32 bits per heavy atom. The molecule has 180 valence electrons. The number of piperazine rings is 1. The summed E-state index contributed by atoms with van der Waals surface area (Å²) in [6.07, 6.45) is 2.17. The van der Waals surface area contributed by atoms with Crippen LogP contribution >= 0.6 is 0 Å². The molecule has 1 aliphatic heterocycles. The number of hydrogen-bond acceptors (Lipinski definition) is 7. The van der Waals surface area contributed by atoms with Crippen LogP contribution < -0.4 is 5.14 Å². The largest absolute Gasteiger partial charge is 0.395 e. The van der Waals surface area contributed by atoms with E-state index in [1.165, 1.54) is 12.1 Å². The standard InChI is InChI=1S/C23H28N6O4S/c24-34(32,33)20-8-6-19(7-9-20)21-17-29(26-25-21)22(16-18-4-2-1-3-5-18)23(31)28-12-10-27(11-13-28)14-15-30/h1-9,17,22,30H,10-16H2,(H2,24,32,33)/t22-/m0/s1. The lowest BCUT2D eigenvalue weighted by Gasteiger charge is -2.36. The van der Waals surface area contributed by atoms with Gasteiger partial charge in [0.15, 0.2) is 0 Å². The molecule has 0 spiro atoms. The minimum atomic E-state index is -3.78. The number of nitrogens with two attached hydrogens (primary N) is 1. The number of rotatable bonds is 8. The van der Waals surface area contributed by atoms with Gasteiger partial charge in [-0.2, -0.15) is 0 Å². The van der Waals surface area contributed by atoms with Crippen LogP contribution in [0.25, 0.3) is 11.3 Å². The Labute approximate surface area is 198 Å².